The second-order valence-corrected chi connectivity index (χ2v) is 3.48. The normalized spacial score (nSPS) is 9.87. The van der Waals surface area contributed by atoms with Gasteiger partial charge in [-0.1, -0.05) is 11.3 Å². The highest BCUT2D eigenvalue weighted by Crippen LogP contribution is 2.11. The number of nitrogens with two attached hydrogens (primary N) is 1. The van der Waals surface area contributed by atoms with Crippen molar-refractivity contribution in [2.45, 2.75) is 0 Å². The van der Waals surface area contributed by atoms with E-state index < -0.39 is 5.91 Å². The number of anilines is 2. The molecule has 0 spiro atoms. The second-order valence-electron chi connectivity index (χ2n) is 2.47. The fraction of sp³-hybridized carbons (Fsp3) is 0. The van der Waals surface area contributed by atoms with Crippen LogP contribution in [0, 0.1) is 0 Å². The number of nitrogen functional groups attached to an aromatic ring is 1. The number of nitrogens with one attached hydrogen (secondary N) is 1. The average Bonchev–Trinajstić information content (AvgIpc) is 2.66. The predicted octanol–water partition coefficient (Wildman–Crippen LogP) is 0.163. The summed E-state index contributed by atoms with van der Waals surface area (Å²) in [5.41, 5.74) is 5.34. The maximum atomic E-state index is 11.5. The van der Waals surface area contributed by atoms with Gasteiger partial charge in [-0.15, -0.1) is 10.2 Å². The molecule has 0 unspecified atom stereocenters. The number of nitrogens with zero attached hydrogens (tertiary/aromatic N) is 4. The first-order valence-corrected chi connectivity index (χ1v) is 4.75. The van der Waals surface area contributed by atoms with E-state index >= 15 is 0 Å². The van der Waals surface area contributed by atoms with Gasteiger partial charge in [0, 0.05) is 12.4 Å². The number of amides is 1. The fourth-order valence-electron chi connectivity index (χ4n) is 0.845. The molecule has 0 saturated heterocycles. The van der Waals surface area contributed by atoms with Crippen LogP contribution in [0.25, 0.3) is 0 Å². The Morgan fingerprint density at radius 2 is 2.07 bits per heavy atom. The van der Waals surface area contributed by atoms with Crippen molar-refractivity contribution < 1.29 is 4.79 Å². The molecule has 2 aromatic heterocycles. The molecule has 0 fully saturated rings. The molecular weight excluding hydrogens is 216 g/mol. The molecule has 1 amide bonds. The minimum atomic E-state index is -0.421. The standard InChI is InChI=1S/C7H6N6OS/c8-6-13-12-5(15-6)4(14)11-7-9-2-1-3-10-7/h1-3H,(H2,8,13)(H,9,10,11,14). The van der Waals surface area contributed by atoms with E-state index in [9.17, 15) is 4.79 Å². The zero-order chi connectivity index (χ0) is 10.7. The Morgan fingerprint density at radius 1 is 1.33 bits per heavy atom. The molecule has 2 rings (SSSR count). The topological polar surface area (TPSA) is 107 Å². The monoisotopic (exact) mass is 222 g/mol. The summed E-state index contributed by atoms with van der Waals surface area (Å²) in [6.45, 7) is 0. The molecule has 8 heteroatoms. The molecule has 0 radical (unpaired) electrons. The Kier molecular flexibility index (Phi) is 2.50. The molecule has 7 nitrogen and oxygen atoms in total. The molecule has 76 valence electrons. The van der Waals surface area contributed by atoms with Gasteiger partial charge in [-0.3, -0.25) is 10.1 Å². The molecule has 0 aliphatic rings. The fourth-order valence-corrected chi connectivity index (χ4v) is 1.35. The van der Waals surface area contributed by atoms with Crippen molar-refractivity contribution in [3.05, 3.63) is 23.5 Å². The van der Waals surface area contributed by atoms with E-state index in [4.69, 9.17) is 5.73 Å². The molecule has 2 heterocycles. The summed E-state index contributed by atoms with van der Waals surface area (Å²) in [4.78, 5) is 19.2. The van der Waals surface area contributed by atoms with Crippen molar-refractivity contribution in [2.24, 2.45) is 0 Å². The lowest BCUT2D eigenvalue weighted by atomic mass is 10.6. The summed E-state index contributed by atoms with van der Waals surface area (Å²) >= 11 is 1.00. The van der Waals surface area contributed by atoms with Gasteiger partial charge in [0.25, 0.3) is 5.91 Å². The van der Waals surface area contributed by atoms with Crippen LogP contribution in [0.15, 0.2) is 18.5 Å². The second kappa shape index (κ2) is 3.96. The van der Waals surface area contributed by atoms with E-state index in [-0.39, 0.29) is 16.1 Å². The lowest BCUT2D eigenvalue weighted by Crippen LogP contribution is -2.13. The van der Waals surface area contributed by atoms with Crippen LogP contribution in [-0.2, 0) is 0 Å². The molecular formula is C7H6N6OS. The number of hydrogen-bond acceptors (Lipinski definition) is 7. The molecule has 0 aromatic carbocycles. The largest absolute Gasteiger partial charge is 0.374 e. The lowest BCUT2D eigenvalue weighted by Gasteiger charge is -1.97. The van der Waals surface area contributed by atoms with E-state index in [1.807, 2.05) is 0 Å². The summed E-state index contributed by atoms with van der Waals surface area (Å²) in [5, 5.41) is 10.00. The molecule has 15 heavy (non-hydrogen) atoms. The summed E-state index contributed by atoms with van der Waals surface area (Å²) in [6.07, 6.45) is 3.05. The van der Waals surface area contributed by atoms with Crippen molar-refractivity contribution in [1.82, 2.24) is 20.2 Å². The number of aromatic nitrogens is 4. The number of rotatable bonds is 2. The SMILES string of the molecule is Nc1nnc(C(=O)Nc2ncccn2)s1. The van der Waals surface area contributed by atoms with Crippen molar-refractivity contribution in [3.63, 3.8) is 0 Å². The molecule has 0 aliphatic carbocycles. The van der Waals surface area contributed by atoms with Crippen molar-refractivity contribution in [1.29, 1.82) is 0 Å². The van der Waals surface area contributed by atoms with E-state index in [0.29, 0.717) is 0 Å². The smallest absolute Gasteiger partial charge is 0.289 e. The number of hydrogen-bond donors (Lipinski definition) is 2. The number of carbonyl (C=O) groups excluding carboxylic acids is 1. The zero-order valence-electron chi connectivity index (χ0n) is 7.41. The van der Waals surface area contributed by atoms with Gasteiger partial charge < -0.3 is 5.73 Å². The van der Waals surface area contributed by atoms with Gasteiger partial charge in [0.15, 0.2) is 0 Å². The van der Waals surface area contributed by atoms with E-state index in [1.165, 1.54) is 12.4 Å². The van der Waals surface area contributed by atoms with Gasteiger partial charge in [-0.2, -0.15) is 0 Å². The molecule has 0 aliphatic heterocycles. The predicted molar refractivity (Wildman–Crippen MR) is 54.3 cm³/mol. The zero-order valence-corrected chi connectivity index (χ0v) is 8.23. The molecule has 0 atom stereocenters. The van der Waals surface area contributed by atoms with Crippen LogP contribution in [0.5, 0.6) is 0 Å². The van der Waals surface area contributed by atoms with Crippen LogP contribution in [0.3, 0.4) is 0 Å². The third-order valence-electron chi connectivity index (χ3n) is 1.43. The Labute approximate surface area is 88.4 Å². The number of carbonyl (C=O) groups is 1. The molecule has 0 saturated carbocycles. The van der Waals surface area contributed by atoms with Crippen LogP contribution in [0.2, 0.25) is 0 Å². The quantitative estimate of drug-likeness (QED) is 0.749. The Hall–Kier alpha value is -2.09. The molecule has 3 N–H and O–H groups in total. The van der Waals surface area contributed by atoms with E-state index in [1.54, 1.807) is 6.07 Å². The van der Waals surface area contributed by atoms with Crippen LogP contribution in [-0.4, -0.2) is 26.1 Å². The van der Waals surface area contributed by atoms with Crippen LogP contribution < -0.4 is 11.1 Å². The maximum absolute atomic E-state index is 11.5. The first-order chi connectivity index (χ1) is 7.25. The minimum absolute atomic E-state index is 0.181. The van der Waals surface area contributed by atoms with E-state index in [2.05, 4.69) is 25.5 Å². The Morgan fingerprint density at radius 3 is 2.67 bits per heavy atom. The summed E-state index contributed by atoms with van der Waals surface area (Å²) < 4.78 is 0. The van der Waals surface area contributed by atoms with Crippen molar-refractivity contribution in [2.75, 3.05) is 11.1 Å². The molecule has 2 aromatic rings. The van der Waals surface area contributed by atoms with Gasteiger partial charge in [0.2, 0.25) is 16.1 Å². The van der Waals surface area contributed by atoms with Crippen LogP contribution in [0.4, 0.5) is 11.1 Å². The van der Waals surface area contributed by atoms with Gasteiger partial charge in [-0.05, 0) is 6.07 Å². The Balaban J connectivity index is 2.11. The van der Waals surface area contributed by atoms with Crippen molar-refractivity contribution >= 4 is 28.3 Å². The van der Waals surface area contributed by atoms with Gasteiger partial charge in [-0.25, -0.2) is 9.97 Å². The summed E-state index contributed by atoms with van der Waals surface area (Å²) in [7, 11) is 0. The first-order valence-electron chi connectivity index (χ1n) is 3.93. The van der Waals surface area contributed by atoms with Gasteiger partial charge in [0.05, 0.1) is 0 Å². The third kappa shape index (κ3) is 2.23. The van der Waals surface area contributed by atoms with Gasteiger partial charge in [0.1, 0.15) is 0 Å². The minimum Gasteiger partial charge on any atom is -0.374 e. The first kappa shape index (κ1) is 9.46. The van der Waals surface area contributed by atoms with Gasteiger partial charge >= 0.3 is 0 Å². The third-order valence-corrected chi connectivity index (χ3v) is 2.18. The maximum Gasteiger partial charge on any atom is 0.289 e. The Bertz CT molecular complexity index is 469. The van der Waals surface area contributed by atoms with Crippen molar-refractivity contribution in [3.8, 4) is 0 Å². The molecule has 0 bridgehead atoms. The average molecular weight is 222 g/mol. The lowest BCUT2D eigenvalue weighted by molar-refractivity contribution is 0.102. The summed E-state index contributed by atoms with van der Waals surface area (Å²) in [5.74, 6) is -0.202. The van der Waals surface area contributed by atoms with Crippen LogP contribution >= 0.6 is 11.3 Å². The highest BCUT2D eigenvalue weighted by Gasteiger charge is 2.12. The van der Waals surface area contributed by atoms with Crippen LogP contribution in [0.1, 0.15) is 9.80 Å². The highest BCUT2D eigenvalue weighted by atomic mass is 32.1. The summed E-state index contributed by atoms with van der Waals surface area (Å²) in [6, 6.07) is 1.65. The van der Waals surface area contributed by atoms with E-state index in [0.717, 1.165) is 11.3 Å². The highest BCUT2D eigenvalue weighted by molar-refractivity contribution is 7.16.